The van der Waals surface area contributed by atoms with Crippen LogP contribution in [-0.2, 0) is 0 Å². The van der Waals surface area contributed by atoms with Gasteiger partial charge in [-0.2, -0.15) is 0 Å². The highest BCUT2D eigenvalue weighted by Gasteiger charge is 2.13. The van der Waals surface area contributed by atoms with Crippen LogP contribution in [0.2, 0.25) is 0 Å². The molecule has 0 saturated heterocycles. The van der Waals surface area contributed by atoms with E-state index in [9.17, 15) is 0 Å². The quantitative estimate of drug-likeness (QED) is 0.0524. The molecule has 0 aliphatic heterocycles. The molecule has 12 N–H and O–H groups in total. The van der Waals surface area contributed by atoms with Gasteiger partial charge in [0.15, 0.2) is 0 Å². The maximum Gasteiger partial charge on any atom is 0.0108 e. The van der Waals surface area contributed by atoms with Crippen LogP contribution < -0.4 is 44.2 Å². The van der Waals surface area contributed by atoms with Crippen LogP contribution in [0.5, 0.6) is 0 Å². The lowest BCUT2D eigenvalue weighted by atomic mass is 9.92. The molecule has 42 heavy (non-hydrogen) atoms. The predicted octanol–water partition coefficient (Wildman–Crippen LogP) is -0.426. The van der Waals surface area contributed by atoms with Gasteiger partial charge >= 0.3 is 0 Å². The van der Waals surface area contributed by atoms with Gasteiger partial charge in [0.25, 0.3) is 0 Å². The third-order valence-electron chi connectivity index (χ3n) is 7.08. The first-order valence-electron chi connectivity index (χ1n) is 16.9. The molecule has 11 nitrogen and oxygen atoms in total. The van der Waals surface area contributed by atoms with E-state index in [2.05, 4.69) is 77.5 Å². The summed E-state index contributed by atoms with van der Waals surface area (Å²) >= 11 is 0. The lowest BCUT2D eigenvalue weighted by molar-refractivity contribution is 0.228. The molecule has 11 heteroatoms. The van der Waals surface area contributed by atoms with E-state index in [1.807, 2.05) is 0 Å². The highest BCUT2D eigenvalue weighted by Crippen LogP contribution is 2.18. The molecule has 0 spiro atoms. The molecular weight excluding hydrogens is 526 g/mol. The van der Waals surface area contributed by atoms with Crippen molar-refractivity contribution < 1.29 is 0 Å². The lowest BCUT2D eigenvalue weighted by Crippen LogP contribution is -2.43. The van der Waals surface area contributed by atoms with Crippen LogP contribution in [0, 0.1) is 11.3 Å². The van der Waals surface area contributed by atoms with E-state index < -0.39 is 0 Å². The summed E-state index contributed by atoms with van der Waals surface area (Å²) in [5.74, 6) is 0.771. The average molecular weight is 604 g/mol. The number of nitrogens with zero attached hydrogens (tertiary/aromatic N) is 3. The normalized spacial score (nSPS) is 12.1. The minimum atomic E-state index is 0.372. The molecule has 0 fully saturated rings. The summed E-state index contributed by atoms with van der Waals surface area (Å²) in [7, 11) is 0. The lowest BCUT2D eigenvalue weighted by Gasteiger charge is -2.27. The maximum atomic E-state index is 5.82. The minimum Gasteiger partial charge on any atom is -0.329 e. The van der Waals surface area contributed by atoms with Crippen molar-refractivity contribution in [3.63, 3.8) is 0 Å². The molecule has 0 radical (unpaired) electrons. The molecule has 0 saturated carbocycles. The van der Waals surface area contributed by atoms with Gasteiger partial charge in [-0.25, -0.2) is 0 Å². The van der Waals surface area contributed by atoms with Crippen molar-refractivity contribution in [2.75, 3.05) is 137 Å². The number of hydrogen-bond donors (Lipinski definition) is 8. The second-order valence-electron chi connectivity index (χ2n) is 12.8. The molecule has 0 amide bonds. The molecule has 0 atom stereocenters. The van der Waals surface area contributed by atoms with E-state index in [0.29, 0.717) is 12.0 Å². The zero-order valence-corrected chi connectivity index (χ0v) is 29.0. The first-order chi connectivity index (χ1) is 20.1. The van der Waals surface area contributed by atoms with Crippen LogP contribution in [-0.4, -0.2) is 152 Å². The Morgan fingerprint density at radius 3 is 1.31 bits per heavy atom. The first kappa shape index (κ1) is 43.7. The Kier molecular flexibility index (Phi) is 33.3. The molecule has 0 aliphatic rings. The largest absolute Gasteiger partial charge is 0.329 e. The SMILES string of the molecule is CC(C)CCNCCNCCN(CCNCCN)CCNCCN(CCN)CCC(C)(C)C.CCN(CCN)CCN. The summed E-state index contributed by atoms with van der Waals surface area (Å²) in [5, 5.41) is 14.2. The van der Waals surface area contributed by atoms with Gasteiger partial charge in [-0.1, -0.05) is 41.5 Å². The number of likely N-dealkylation sites (N-methyl/N-ethyl adjacent to an activating group) is 1. The fraction of sp³-hybridized carbons (Fsp3) is 1.00. The molecule has 256 valence electrons. The number of nitrogens with one attached hydrogen (secondary N) is 4. The Balaban J connectivity index is 0. The van der Waals surface area contributed by atoms with Gasteiger partial charge in [-0.15, -0.1) is 0 Å². The number of nitrogens with two attached hydrogens (primary N) is 4. The summed E-state index contributed by atoms with van der Waals surface area (Å²) in [4.78, 5) is 7.26. The van der Waals surface area contributed by atoms with Crippen LogP contribution in [0.25, 0.3) is 0 Å². The number of rotatable bonds is 29. The fourth-order valence-corrected chi connectivity index (χ4v) is 4.26. The summed E-state index contributed by atoms with van der Waals surface area (Å²) in [6.07, 6.45) is 2.45. The Hall–Kier alpha value is -0.440. The molecule has 0 aromatic carbocycles. The van der Waals surface area contributed by atoms with Gasteiger partial charge in [0, 0.05) is 118 Å². The second-order valence-corrected chi connectivity index (χ2v) is 12.8. The molecule has 0 unspecified atom stereocenters. The van der Waals surface area contributed by atoms with Gasteiger partial charge in [-0.3, -0.25) is 4.90 Å². The van der Waals surface area contributed by atoms with Crippen molar-refractivity contribution in [3.8, 4) is 0 Å². The van der Waals surface area contributed by atoms with Crippen molar-refractivity contribution in [1.29, 1.82) is 0 Å². The van der Waals surface area contributed by atoms with Crippen LogP contribution >= 0.6 is 0 Å². The predicted molar refractivity (Wildman–Crippen MR) is 186 cm³/mol. The average Bonchev–Trinajstić information content (AvgIpc) is 2.94. The molecular formula is C31H77N11. The van der Waals surface area contributed by atoms with Gasteiger partial charge in [0.05, 0.1) is 0 Å². The van der Waals surface area contributed by atoms with E-state index in [4.69, 9.17) is 22.9 Å². The van der Waals surface area contributed by atoms with Gasteiger partial charge in [-0.05, 0) is 43.8 Å². The second kappa shape index (κ2) is 32.0. The molecule has 0 aromatic rings. The van der Waals surface area contributed by atoms with E-state index in [1.165, 1.54) is 12.8 Å². The summed E-state index contributed by atoms with van der Waals surface area (Å²) in [6.45, 7) is 33.9. The van der Waals surface area contributed by atoms with E-state index in [-0.39, 0.29) is 0 Å². The monoisotopic (exact) mass is 604 g/mol. The van der Waals surface area contributed by atoms with Crippen LogP contribution in [0.4, 0.5) is 0 Å². The van der Waals surface area contributed by atoms with Crippen molar-refractivity contribution in [3.05, 3.63) is 0 Å². The highest BCUT2D eigenvalue weighted by atomic mass is 15.2. The summed E-state index contributed by atoms with van der Waals surface area (Å²) < 4.78 is 0. The Bertz CT molecular complexity index is 512. The fourth-order valence-electron chi connectivity index (χ4n) is 4.26. The zero-order valence-electron chi connectivity index (χ0n) is 29.0. The van der Waals surface area contributed by atoms with Crippen LogP contribution in [0.3, 0.4) is 0 Å². The summed E-state index contributed by atoms with van der Waals surface area (Å²) in [6, 6.07) is 0. The Morgan fingerprint density at radius 1 is 0.500 bits per heavy atom. The molecule has 0 rings (SSSR count). The van der Waals surface area contributed by atoms with Crippen molar-refractivity contribution >= 4 is 0 Å². The van der Waals surface area contributed by atoms with Crippen LogP contribution in [0.15, 0.2) is 0 Å². The highest BCUT2D eigenvalue weighted by molar-refractivity contribution is 4.69. The maximum absolute atomic E-state index is 5.82. The van der Waals surface area contributed by atoms with Crippen molar-refractivity contribution in [2.24, 2.45) is 34.3 Å². The van der Waals surface area contributed by atoms with Crippen molar-refractivity contribution in [1.82, 2.24) is 36.0 Å². The number of hydrogen-bond acceptors (Lipinski definition) is 11. The smallest absolute Gasteiger partial charge is 0.0108 e. The van der Waals surface area contributed by atoms with Gasteiger partial charge in [0.1, 0.15) is 0 Å². The molecule has 0 aliphatic carbocycles. The van der Waals surface area contributed by atoms with Crippen LogP contribution in [0.1, 0.15) is 54.4 Å². The van der Waals surface area contributed by atoms with E-state index in [0.717, 1.165) is 137 Å². The minimum absolute atomic E-state index is 0.372. The third kappa shape index (κ3) is 34.1. The Labute approximate surface area is 262 Å². The van der Waals surface area contributed by atoms with E-state index >= 15 is 0 Å². The first-order valence-corrected chi connectivity index (χ1v) is 16.9. The summed E-state index contributed by atoms with van der Waals surface area (Å²) in [5.41, 5.74) is 22.5. The van der Waals surface area contributed by atoms with Gasteiger partial charge in [0.2, 0.25) is 0 Å². The van der Waals surface area contributed by atoms with E-state index in [1.54, 1.807) is 0 Å². The van der Waals surface area contributed by atoms with Crippen molar-refractivity contribution in [2.45, 2.75) is 54.4 Å². The standard InChI is InChI=1S/C25H60N8.C6H17N3/c1-24(2)6-10-28-12-13-30-15-22-33(21-14-29-11-8-26)23-17-31-16-20-32(19-9-27)18-7-25(3,4)5;1-2-9(5-3-7)6-4-8/h24,28-31H,6-23,26-27H2,1-5H3;2-8H2,1H3. The Morgan fingerprint density at radius 2 is 0.905 bits per heavy atom. The van der Waals surface area contributed by atoms with Gasteiger partial charge < -0.3 is 54.0 Å². The molecule has 0 bridgehead atoms. The topological polar surface area (TPSA) is 162 Å². The zero-order chi connectivity index (χ0) is 31.9. The molecule has 0 aromatic heterocycles. The third-order valence-corrected chi connectivity index (χ3v) is 7.08. The molecule has 0 heterocycles.